The van der Waals surface area contributed by atoms with E-state index in [1.807, 2.05) is 0 Å². The number of nitro groups is 2. The summed E-state index contributed by atoms with van der Waals surface area (Å²) in [5, 5.41) is 21.8. The Labute approximate surface area is 108 Å². The summed E-state index contributed by atoms with van der Waals surface area (Å²) in [6.45, 7) is 0. The molecule has 1 aromatic carbocycles. The summed E-state index contributed by atoms with van der Waals surface area (Å²) in [7, 11) is -1.79. The summed E-state index contributed by atoms with van der Waals surface area (Å²) in [4.78, 5) is 22.6. The third-order valence-corrected chi connectivity index (χ3v) is 3.72. The van der Waals surface area contributed by atoms with E-state index in [1.54, 1.807) is 6.07 Å². The van der Waals surface area contributed by atoms with E-state index in [0.29, 0.717) is 0 Å². The second kappa shape index (κ2) is 4.98. The molecule has 1 N–H and O–H groups in total. The van der Waals surface area contributed by atoms with Crippen molar-refractivity contribution in [2.45, 2.75) is 9.92 Å². The molecule has 0 aliphatic carbocycles. The van der Waals surface area contributed by atoms with Crippen LogP contribution in [0.25, 0.3) is 0 Å². The van der Waals surface area contributed by atoms with Gasteiger partial charge in [-0.05, 0) is 18.2 Å². The van der Waals surface area contributed by atoms with Crippen LogP contribution in [0.15, 0.2) is 46.5 Å². The van der Waals surface area contributed by atoms with E-state index in [9.17, 15) is 24.4 Å². The van der Waals surface area contributed by atoms with E-state index in [0.717, 1.165) is 18.2 Å². The minimum absolute atomic E-state index is 0.0851. The molecule has 0 aliphatic rings. The lowest BCUT2D eigenvalue weighted by Gasteiger charge is -2.01. The Morgan fingerprint density at radius 1 is 1.11 bits per heavy atom. The molecular formula is C10H7N3O5S. The van der Waals surface area contributed by atoms with Gasteiger partial charge in [0.15, 0.2) is 0 Å². The lowest BCUT2D eigenvalue weighted by Crippen LogP contribution is -2.01. The highest BCUT2D eigenvalue weighted by Gasteiger charge is 2.24. The third kappa shape index (κ3) is 2.50. The van der Waals surface area contributed by atoms with Gasteiger partial charge in [0.05, 0.1) is 15.9 Å². The fourth-order valence-electron chi connectivity index (χ4n) is 1.47. The topological polar surface area (TPSA) is 119 Å². The fraction of sp³-hybridized carbons (Fsp3) is 0. The largest absolute Gasteiger partial charge is 0.354 e. The Hall–Kier alpha value is -2.55. The molecule has 1 heterocycles. The minimum atomic E-state index is -1.79. The molecule has 9 heteroatoms. The van der Waals surface area contributed by atoms with Gasteiger partial charge in [-0.15, -0.1) is 0 Å². The second-order valence-electron chi connectivity index (χ2n) is 3.47. The molecular weight excluding hydrogens is 274 g/mol. The number of rotatable bonds is 4. The van der Waals surface area contributed by atoms with Gasteiger partial charge in [-0.25, -0.2) is 4.21 Å². The van der Waals surface area contributed by atoms with E-state index in [4.69, 9.17) is 0 Å². The van der Waals surface area contributed by atoms with Crippen LogP contribution >= 0.6 is 0 Å². The van der Waals surface area contributed by atoms with Gasteiger partial charge in [0.1, 0.15) is 20.7 Å². The summed E-state index contributed by atoms with van der Waals surface area (Å²) >= 11 is 0. The molecule has 19 heavy (non-hydrogen) atoms. The highest BCUT2D eigenvalue weighted by Crippen LogP contribution is 2.29. The molecule has 1 aromatic heterocycles. The van der Waals surface area contributed by atoms with Crippen molar-refractivity contribution in [3.05, 3.63) is 56.8 Å². The van der Waals surface area contributed by atoms with Crippen molar-refractivity contribution in [1.29, 1.82) is 0 Å². The van der Waals surface area contributed by atoms with Crippen molar-refractivity contribution in [3.63, 3.8) is 0 Å². The smallest absolute Gasteiger partial charge is 0.292 e. The highest BCUT2D eigenvalue weighted by molar-refractivity contribution is 7.85. The Morgan fingerprint density at radius 3 is 2.37 bits per heavy atom. The number of aromatic amines is 1. The van der Waals surface area contributed by atoms with Crippen LogP contribution < -0.4 is 0 Å². The lowest BCUT2D eigenvalue weighted by molar-refractivity contribution is -0.396. The van der Waals surface area contributed by atoms with Crippen LogP contribution in [0, 0.1) is 20.2 Å². The minimum Gasteiger partial charge on any atom is -0.354 e. The number of benzene rings is 1. The zero-order valence-corrected chi connectivity index (χ0v) is 10.1. The molecule has 2 rings (SSSR count). The lowest BCUT2D eigenvalue weighted by atomic mass is 10.3. The molecule has 0 bridgehead atoms. The molecule has 0 spiro atoms. The molecule has 1 unspecified atom stereocenters. The maximum absolute atomic E-state index is 12.1. The van der Waals surface area contributed by atoms with Gasteiger partial charge < -0.3 is 4.98 Å². The Bertz CT molecular complexity index is 668. The zero-order valence-electron chi connectivity index (χ0n) is 9.31. The van der Waals surface area contributed by atoms with Crippen LogP contribution in [0.5, 0.6) is 0 Å². The van der Waals surface area contributed by atoms with Gasteiger partial charge in [-0.2, -0.15) is 0 Å². The van der Waals surface area contributed by atoms with Gasteiger partial charge in [0.25, 0.3) is 11.4 Å². The normalized spacial score (nSPS) is 12.0. The molecule has 0 fully saturated rings. The molecule has 1 atom stereocenters. The average Bonchev–Trinajstić information content (AvgIpc) is 2.90. The predicted octanol–water partition coefficient (Wildman–Crippen LogP) is 2.00. The van der Waals surface area contributed by atoms with E-state index < -0.39 is 32.0 Å². The summed E-state index contributed by atoms with van der Waals surface area (Å²) in [6.07, 6.45) is 1.53. The van der Waals surface area contributed by atoms with Crippen molar-refractivity contribution in [2.75, 3.05) is 0 Å². The first-order valence-electron chi connectivity index (χ1n) is 4.98. The highest BCUT2D eigenvalue weighted by atomic mass is 32.2. The number of hydrogen-bond donors (Lipinski definition) is 1. The van der Waals surface area contributed by atoms with Crippen LogP contribution in [0.3, 0.4) is 0 Å². The molecule has 98 valence electrons. The van der Waals surface area contributed by atoms with E-state index in [-0.39, 0.29) is 9.92 Å². The number of H-pyrrole nitrogens is 1. The van der Waals surface area contributed by atoms with E-state index in [2.05, 4.69) is 4.98 Å². The van der Waals surface area contributed by atoms with Crippen molar-refractivity contribution >= 4 is 22.2 Å². The number of nitrogens with one attached hydrogen (secondary N) is 1. The number of hydrogen-bond acceptors (Lipinski definition) is 5. The first-order chi connectivity index (χ1) is 9.00. The molecule has 0 saturated carbocycles. The van der Waals surface area contributed by atoms with Gasteiger partial charge in [-0.3, -0.25) is 20.2 Å². The monoisotopic (exact) mass is 281 g/mol. The standard InChI is InChI=1S/C10H7N3O5S/c14-12(15)7-3-4-9(8(6-7)13(16)17)19(18)10-2-1-5-11-10/h1-6,11H. The zero-order chi connectivity index (χ0) is 14.0. The van der Waals surface area contributed by atoms with Crippen LogP contribution in [0.1, 0.15) is 0 Å². The van der Waals surface area contributed by atoms with Crippen LogP contribution in [0.4, 0.5) is 11.4 Å². The molecule has 0 saturated heterocycles. The first-order valence-corrected chi connectivity index (χ1v) is 6.13. The number of aromatic nitrogens is 1. The summed E-state index contributed by atoms with van der Waals surface area (Å²) in [5.41, 5.74) is -0.957. The van der Waals surface area contributed by atoms with Gasteiger partial charge in [-0.1, -0.05) is 0 Å². The number of nitrogens with zero attached hydrogens (tertiary/aromatic N) is 2. The quantitative estimate of drug-likeness (QED) is 0.678. The van der Waals surface area contributed by atoms with E-state index in [1.165, 1.54) is 12.3 Å². The van der Waals surface area contributed by atoms with Crippen LogP contribution in [-0.4, -0.2) is 19.0 Å². The maximum atomic E-state index is 12.1. The Kier molecular flexibility index (Phi) is 3.38. The van der Waals surface area contributed by atoms with Crippen LogP contribution in [0.2, 0.25) is 0 Å². The van der Waals surface area contributed by atoms with E-state index >= 15 is 0 Å². The fourth-order valence-corrected chi connectivity index (χ4v) is 2.60. The van der Waals surface area contributed by atoms with Crippen molar-refractivity contribution in [1.82, 2.24) is 4.98 Å². The van der Waals surface area contributed by atoms with Crippen molar-refractivity contribution < 1.29 is 14.1 Å². The van der Waals surface area contributed by atoms with Crippen molar-refractivity contribution in [2.24, 2.45) is 0 Å². The second-order valence-corrected chi connectivity index (χ2v) is 4.89. The molecule has 8 nitrogen and oxygen atoms in total. The summed E-state index contributed by atoms with van der Waals surface area (Å²) in [5.74, 6) is 0. The number of non-ortho nitro benzene ring substituents is 1. The molecule has 0 radical (unpaired) electrons. The summed E-state index contributed by atoms with van der Waals surface area (Å²) in [6, 6.07) is 6.14. The Morgan fingerprint density at radius 2 is 1.84 bits per heavy atom. The first kappa shape index (κ1) is 12.9. The number of nitro benzene ring substituents is 2. The summed E-state index contributed by atoms with van der Waals surface area (Å²) < 4.78 is 12.1. The average molecular weight is 281 g/mol. The third-order valence-electron chi connectivity index (χ3n) is 2.32. The Balaban J connectivity index is 2.54. The van der Waals surface area contributed by atoms with Crippen LogP contribution in [-0.2, 0) is 10.8 Å². The van der Waals surface area contributed by atoms with Gasteiger partial charge in [0, 0.05) is 12.3 Å². The van der Waals surface area contributed by atoms with Crippen molar-refractivity contribution in [3.8, 4) is 0 Å². The molecule has 2 aromatic rings. The molecule has 0 amide bonds. The maximum Gasteiger partial charge on any atom is 0.292 e. The predicted molar refractivity (Wildman–Crippen MR) is 65.2 cm³/mol. The SMILES string of the molecule is O=[N+]([O-])c1ccc(S(=O)c2ccc[nH]2)c([N+](=O)[O-])c1. The van der Waals surface area contributed by atoms with Gasteiger partial charge in [0.2, 0.25) is 0 Å². The van der Waals surface area contributed by atoms with Gasteiger partial charge >= 0.3 is 0 Å². The molecule has 0 aliphatic heterocycles.